The largest absolute Gasteiger partial charge is 0.477 e. The zero-order chi connectivity index (χ0) is 9.68. The van der Waals surface area contributed by atoms with E-state index in [-0.39, 0.29) is 5.78 Å². The number of ketones is 1. The van der Waals surface area contributed by atoms with Gasteiger partial charge in [0.05, 0.1) is 24.9 Å². The quantitative estimate of drug-likeness (QED) is 0.693. The fourth-order valence-electron chi connectivity index (χ4n) is 0.944. The number of Topliss-reactive ketones (excluding diaryl/α,β-unsaturated/α-hetero) is 1. The first-order valence-corrected chi connectivity index (χ1v) is 4.15. The maximum Gasteiger partial charge on any atom is 0.232 e. The van der Waals surface area contributed by atoms with Crippen LogP contribution in [-0.4, -0.2) is 22.4 Å². The van der Waals surface area contributed by atoms with Crippen LogP contribution in [0.25, 0.3) is 0 Å². The van der Waals surface area contributed by atoms with E-state index in [4.69, 9.17) is 4.74 Å². The van der Waals surface area contributed by atoms with Gasteiger partial charge >= 0.3 is 0 Å². The Bertz CT molecular complexity index is 299. The normalized spacial score (nSPS) is 9.69. The molecule has 0 N–H and O–H groups in total. The molecule has 0 aliphatic heterocycles. The first-order valence-electron chi connectivity index (χ1n) is 4.15. The molecule has 0 aliphatic carbocycles. The van der Waals surface area contributed by atoms with Crippen molar-refractivity contribution in [2.75, 3.05) is 6.61 Å². The minimum atomic E-state index is 0.0722. The van der Waals surface area contributed by atoms with Gasteiger partial charge in [-0.1, -0.05) is 0 Å². The first kappa shape index (κ1) is 9.64. The number of carbonyl (C=O) groups is 1. The number of carbonyl (C=O) groups excluding carboxylic acids is 1. The van der Waals surface area contributed by atoms with E-state index in [2.05, 4.69) is 9.97 Å². The Labute approximate surface area is 77.0 Å². The summed E-state index contributed by atoms with van der Waals surface area (Å²) in [7, 11) is 0. The SMILES string of the molecule is CCOc1cncc(CC(C)=O)n1. The number of rotatable bonds is 4. The lowest BCUT2D eigenvalue weighted by Gasteiger charge is -2.02. The lowest BCUT2D eigenvalue weighted by atomic mass is 10.2. The van der Waals surface area contributed by atoms with Crippen molar-refractivity contribution in [2.45, 2.75) is 20.3 Å². The highest BCUT2D eigenvalue weighted by Gasteiger charge is 2.01. The molecule has 0 radical (unpaired) electrons. The molecule has 0 atom stereocenters. The molecular formula is C9H12N2O2. The fourth-order valence-corrected chi connectivity index (χ4v) is 0.944. The van der Waals surface area contributed by atoms with E-state index in [0.29, 0.717) is 24.6 Å². The van der Waals surface area contributed by atoms with Crippen LogP contribution in [0.3, 0.4) is 0 Å². The van der Waals surface area contributed by atoms with Gasteiger partial charge in [-0.05, 0) is 13.8 Å². The average molecular weight is 180 g/mol. The topological polar surface area (TPSA) is 52.1 Å². The van der Waals surface area contributed by atoms with Crippen molar-refractivity contribution in [1.82, 2.24) is 9.97 Å². The van der Waals surface area contributed by atoms with Crippen LogP contribution in [0.1, 0.15) is 19.5 Å². The molecule has 4 heteroatoms. The van der Waals surface area contributed by atoms with Crippen LogP contribution < -0.4 is 4.74 Å². The molecule has 0 saturated heterocycles. The fraction of sp³-hybridized carbons (Fsp3) is 0.444. The van der Waals surface area contributed by atoms with Crippen LogP contribution in [0.5, 0.6) is 5.88 Å². The standard InChI is InChI=1S/C9H12N2O2/c1-3-13-9-6-10-5-8(11-9)4-7(2)12/h5-6H,3-4H2,1-2H3. The molecule has 1 heterocycles. The predicted molar refractivity (Wildman–Crippen MR) is 47.6 cm³/mol. The van der Waals surface area contributed by atoms with Crippen LogP contribution >= 0.6 is 0 Å². The van der Waals surface area contributed by atoms with Crippen LogP contribution in [-0.2, 0) is 11.2 Å². The molecule has 1 aromatic heterocycles. The van der Waals surface area contributed by atoms with E-state index in [9.17, 15) is 4.79 Å². The summed E-state index contributed by atoms with van der Waals surface area (Å²) in [5, 5.41) is 0. The van der Waals surface area contributed by atoms with Gasteiger partial charge in [-0.3, -0.25) is 9.78 Å². The minimum absolute atomic E-state index is 0.0722. The molecule has 70 valence electrons. The molecule has 0 aromatic carbocycles. The predicted octanol–water partition coefficient (Wildman–Crippen LogP) is 1.01. The molecule has 0 aliphatic rings. The zero-order valence-corrected chi connectivity index (χ0v) is 7.78. The van der Waals surface area contributed by atoms with Crippen molar-refractivity contribution >= 4 is 5.78 Å². The number of ether oxygens (including phenoxy) is 1. The van der Waals surface area contributed by atoms with Crippen molar-refractivity contribution in [3.05, 3.63) is 18.1 Å². The van der Waals surface area contributed by atoms with Gasteiger partial charge in [-0.2, -0.15) is 0 Å². The third-order valence-corrected chi connectivity index (χ3v) is 1.38. The first-order chi connectivity index (χ1) is 6.22. The van der Waals surface area contributed by atoms with Gasteiger partial charge in [0.2, 0.25) is 5.88 Å². The molecule has 0 spiro atoms. The minimum Gasteiger partial charge on any atom is -0.477 e. The number of hydrogen-bond acceptors (Lipinski definition) is 4. The maximum absolute atomic E-state index is 10.8. The molecular weight excluding hydrogens is 168 g/mol. The maximum atomic E-state index is 10.8. The average Bonchev–Trinajstić information content (AvgIpc) is 2.04. The second kappa shape index (κ2) is 4.54. The lowest BCUT2D eigenvalue weighted by Crippen LogP contribution is -2.02. The van der Waals surface area contributed by atoms with Crippen molar-refractivity contribution < 1.29 is 9.53 Å². The van der Waals surface area contributed by atoms with Crippen molar-refractivity contribution in [3.63, 3.8) is 0 Å². The third-order valence-electron chi connectivity index (χ3n) is 1.38. The van der Waals surface area contributed by atoms with Crippen LogP contribution in [0, 0.1) is 0 Å². The summed E-state index contributed by atoms with van der Waals surface area (Å²) in [5.74, 6) is 0.546. The Kier molecular flexibility index (Phi) is 3.37. The molecule has 0 unspecified atom stereocenters. The molecule has 0 saturated carbocycles. The highest BCUT2D eigenvalue weighted by atomic mass is 16.5. The van der Waals surface area contributed by atoms with Crippen LogP contribution in [0.2, 0.25) is 0 Å². The van der Waals surface area contributed by atoms with Crippen molar-refractivity contribution in [1.29, 1.82) is 0 Å². The van der Waals surface area contributed by atoms with Crippen molar-refractivity contribution in [2.24, 2.45) is 0 Å². The van der Waals surface area contributed by atoms with Crippen LogP contribution in [0.4, 0.5) is 0 Å². The Hall–Kier alpha value is -1.45. The molecule has 1 rings (SSSR count). The summed E-state index contributed by atoms with van der Waals surface area (Å²) < 4.78 is 5.14. The van der Waals surface area contributed by atoms with Gasteiger partial charge in [0, 0.05) is 6.20 Å². The summed E-state index contributed by atoms with van der Waals surface area (Å²) in [5.41, 5.74) is 0.651. The van der Waals surface area contributed by atoms with E-state index in [1.165, 1.54) is 13.1 Å². The molecule has 0 fully saturated rings. The van der Waals surface area contributed by atoms with Gasteiger partial charge in [-0.25, -0.2) is 4.98 Å². The molecule has 1 aromatic rings. The molecule has 0 bridgehead atoms. The molecule has 13 heavy (non-hydrogen) atoms. The third kappa shape index (κ3) is 3.19. The number of hydrogen-bond donors (Lipinski definition) is 0. The van der Waals surface area contributed by atoms with Gasteiger partial charge < -0.3 is 4.74 Å². The van der Waals surface area contributed by atoms with Gasteiger partial charge in [0.15, 0.2) is 0 Å². The summed E-state index contributed by atoms with van der Waals surface area (Å²) in [4.78, 5) is 18.8. The molecule has 4 nitrogen and oxygen atoms in total. The Morgan fingerprint density at radius 3 is 2.92 bits per heavy atom. The lowest BCUT2D eigenvalue weighted by molar-refractivity contribution is -0.116. The van der Waals surface area contributed by atoms with Crippen molar-refractivity contribution in [3.8, 4) is 5.88 Å². The number of aromatic nitrogens is 2. The molecule has 0 amide bonds. The van der Waals surface area contributed by atoms with E-state index in [1.807, 2.05) is 6.92 Å². The highest BCUT2D eigenvalue weighted by Crippen LogP contribution is 2.05. The summed E-state index contributed by atoms with van der Waals surface area (Å²) >= 11 is 0. The van der Waals surface area contributed by atoms with E-state index >= 15 is 0 Å². The van der Waals surface area contributed by atoms with E-state index in [0.717, 1.165) is 0 Å². The highest BCUT2D eigenvalue weighted by molar-refractivity contribution is 5.77. The second-order valence-corrected chi connectivity index (χ2v) is 2.66. The summed E-state index contributed by atoms with van der Waals surface area (Å²) in [6, 6.07) is 0. The number of nitrogens with zero attached hydrogens (tertiary/aromatic N) is 2. The monoisotopic (exact) mass is 180 g/mol. The Morgan fingerprint density at radius 1 is 1.54 bits per heavy atom. The summed E-state index contributed by atoms with van der Waals surface area (Å²) in [6.45, 7) is 3.95. The smallest absolute Gasteiger partial charge is 0.232 e. The Morgan fingerprint density at radius 2 is 2.31 bits per heavy atom. The second-order valence-electron chi connectivity index (χ2n) is 2.66. The zero-order valence-electron chi connectivity index (χ0n) is 7.78. The Balaban J connectivity index is 2.73. The van der Waals surface area contributed by atoms with E-state index < -0.39 is 0 Å². The van der Waals surface area contributed by atoms with Crippen LogP contribution in [0.15, 0.2) is 12.4 Å². The van der Waals surface area contributed by atoms with Gasteiger partial charge in [-0.15, -0.1) is 0 Å². The van der Waals surface area contributed by atoms with Gasteiger partial charge in [0.1, 0.15) is 5.78 Å². The summed E-state index contributed by atoms with van der Waals surface area (Å²) in [6.07, 6.45) is 3.42. The van der Waals surface area contributed by atoms with E-state index in [1.54, 1.807) is 6.20 Å². The van der Waals surface area contributed by atoms with Gasteiger partial charge in [0.25, 0.3) is 0 Å².